The Balaban J connectivity index is 0.000000205. The molecule has 2 aliphatic rings. The molecule has 0 bridgehead atoms. The van der Waals surface area contributed by atoms with Crippen LogP contribution in [-0.2, 0) is 23.8 Å². The summed E-state index contributed by atoms with van der Waals surface area (Å²) in [4.78, 5) is 89.9. The molecule has 0 aliphatic carbocycles. The van der Waals surface area contributed by atoms with Crippen molar-refractivity contribution in [1.29, 1.82) is 0 Å². The quantitative estimate of drug-likeness (QED) is 0.186. The van der Waals surface area contributed by atoms with E-state index in [9.17, 15) is 39.0 Å². The standard InChI is InChI=1S/C18H14O8.C17H17ClN6O3/c19-15(20)13(25-17(23)11-7-3-1-4-8-11)14(16(21)22)26-18(24)12-9-5-2-6-10-12;1-22-6-8-23(9-7-22)17(26)27-16-14-13(19-4-5-20-14)15(25)24(16)12-3-2-11(18)10-21-12/h1-10,13-14H,(H,19,20)(H,21,22);2-5,10,16H,6-9H2,1H3/t13-,14+;16-/m.0/s1. The van der Waals surface area contributed by atoms with Gasteiger partial charge in [0.2, 0.25) is 18.4 Å². The largest absolute Gasteiger partial charge is 0.478 e. The zero-order valence-electron chi connectivity index (χ0n) is 27.9. The molecule has 0 unspecified atom stereocenters. The van der Waals surface area contributed by atoms with E-state index in [1.165, 1.54) is 72.0 Å². The van der Waals surface area contributed by atoms with Crippen LogP contribution in [0.3, 0.4) is 0 Å². The number of anilines is 1. The number of carbonyl (C=O) groups excluding carboxylic acids is 4. The normalized spacial score (nSPS) is 16.3. The number of ether oxygens (including phenoxy) is 3. The molecule has 17 nitrogen and oxygen atoms in total. The van der Waals surface area contributed by atoms with E-state index in [4.69, 9.17) is 25.8 Å². The minimum absolute atomic E-state index is 0.0253. The van der Waals surface area contributed by atoms with E-state index in [1.54, 1.807) is 29.2 Å². The van der Waals surface area contributed by atoms with Gasteiger partial charge in [-0.25, -0.2) is 38.8 Å². The average Bonchev–Trinajstić information content (AvgIpc) is 3.44. The summed E-state index contributed by atoms with van der Waals surface area (Å²) in [6, 6.07) is 18.0. The third-order valence-corrected chi connectivity index (χ3v) is 8.02. The van der Waals surface area contributed by atoms with Crippen LogP contribution in [0.15, 0.2) is 91.4 Å². The van der Waals surface area contributed by atoms with Gasteiger partial charge in [-0.15, -0.1) is 0 Å². The molecule has 1 saturated heterocycles. The van der Waals surface area contributed by atoms with E-state index in [2.05, 4.69) is 19.9 Å². The van der Waals surface area contributed by atoms with Crippen LogP contribution in [0, 0.1) is 0 Å². The molecule has 2 aromatic carbocycles. The summed E-state index contributed by atoms with van der Waals surface area (Å²) in [5, 5.41) is 18.9. The molecule has 274 valence electrons. The molecule has 2 aliphatic heterocycles. The summed E-state index contributed by atoms with van der Waals surface area (Å²) in [6.07, 6.45) is -1.65. The van der Waals surface area contributed by atoms with Gasteiger partial charge in [-0.1, -0.05) is 48.0 Å². The van der Waals surface area contributed by atoms with Crippen molar-refractivity contribution in [3.63, 3.8) is 0 Å². The van der Waals surface area contributed by atoms with Crippen molar-refractivity contribution in [3.05, 3.63) is 119 Å². The molecule has 0 spiro atoms. The van der Waals surface area contributed by atoms with Gasteiger partial charge in [-0.3, -0.25) is 9.78 Å². The van der Waals surface area contributed by atoms with Crippen molar-refractivity contribution >= 4 is 53.3 Å². The molecule has 0 saturated carbocycles. The second kappa shape index (κ2) is 17.2. The van der Waals surface area contributed by atoms with Gasteiger partial charge in [0.1, 0.15) is 11.5 Å². The highest BCUT2D eigenvalue weighted by atomic mass is 35.5. The lowest BCUT2D eigenvalue weighted by molar-refractivity contribution is -0.166. The summed E-state index contributed by atoms with van der Waals surface area (Å²) in [6.45, 7) is 2.64. The van der Waals surface area contributed by atoms with E-state index in [0.29, 0.717) is 29.6 Å². The monoisotopic (exact) mass is 746 g/mol. The summed E-state index contributed by atoms with van der Waals surface area (Å²) in [5.41, 5.74) is 0.488. The van der Waals surface area contributed by atoms with Crippen LogP contribution in [-0.4, -0.2) is 116 Å². The number of aromatic nitrogens is 3. The molecule has 2 N–H and O–H groups in total. The van der Waals surface area contributed by atoms with Gasteiger partial charge >= 0.3 is 30.0 Å². The number of amides is 2. The van der Waals surface area contributed by atoms with Crippen LogP contribution in [0.25, 0.3) is 0 Å². The smallest absolute Gasteiger partial charge is 0.412 e. The zero-order valence-corrected chi connectivity index (χ0v) is 28.6. The van der Waals surface area contributed by atoms with Gasteiger partial charge in [0.15, 0.2) is 5.69 Å². The molecule has 1 fully saturated rings. The Labute approximate surface area is 306 Å². The van der Waals surface area contributed by atoms with Crippen molar-refractivity contribution in [2.45, 2.75) is 18.4 Å². The zero-order chi connectivity index (χ0) is 38.1. The Morgan fingerprint density at radius 3 is 1.77 bits per heavy atom. The molecule has 0 radical (unpaired) electrons. The predicted molar refractivity (Wildman–Crippen MR) is 183 cm³/mol. The molecule has 53 heavy (non-hydrogen) atoms. The molecule has 18 heteroatoms. The van der Waals surface area contributed by atoms with Crippen LogP contribution in [0.5, 0.6) is 0 Å². The van der Waals surface area contributed by atoms with Gasteiger partial charge in [-0.05, 0) is 43.4 Å². The molecule has 2 amide bonds. The highest BCUT2D eigenvalue weighted by molar-refractivity contribution is 6.30. The Morgan fingerprint density at radius 2 is 1.28 bits per heavy atom. The highest BCUT2D eigenvalue weighted by Gasteiger charge is 2.44. The van der Waals surface area contributed by atoms with Crippen molar-refractivity contribution in [2.24, 2.45) is 0 Å². The van der Waals surface area contributed by atoms with Crippen molar-refractivity contribution in [3.8, 4) is 0 Å². The number of halogens is 1. The first-order valence-corrected chi connectivity index (χ1v) is 16.2. The Hall–Kier alpha value is -6.46. The summed E-state index contributed by atoms with van der Waals surface area (Å²) in [7, 11) is 2.00. The van der Waals surface area contributed by atoms with Gasteiger partial charge in [-0.2, -0.15) is 0 Å². The first-order chi connectivity index (χ1) is 25.4. The average molecular weight is 747 g/mol. The second-order valence-corrected chi connectivity index (χ2v) is 11.8. The lowest BCUT2D eigenvalue weighted by atomic mass is 10.1. The first-order valence-electron chi connectivity index (χ1n) is 15.8. The van der Waals surface area contributed by atoms with E-state index >= 15 is 0 Å². The van der Waals surface area contributed by atoms with Crippen LogP contribution in [0.2, 0.25) is 5.02 Å². The van der Waals surface area contributed by atoms with E-state index in [0.717, 1.165) is 13.1 Å². The molecular formula is C35H31ClN6O11. The third-order valence-electron chi connectivity index (χ3n) is 7.80. The number of piperazine rings is 1. The maximum atomic E-state index is 12.8. The van der Waals surface area contributed by atoms with Gasteiger partial charge < -0.3 is 34.2 Å². The SMILES string of the molecule is CN1CCN(C(=O)O[C@H]2c3nccnc3C(=O)N2c2ccc(Cl)cn2)CC1.O=C(O[C@H](C(=O)O)[C@@H](OC(=O)c1ccccc1)C(=O)O)c1ccccc1. The number of benzene rings is 2. The van der Waals surface area contributed by atoms with Crippen LogP contribution < -0.4 is 4.90 Å². The number of carboxylic acid groups (broad SMARTS) is 2. The number of carbonyl (C=O) groups is 6. The molecular weight excluding hydrogens is 716 g/mol. The Morgan fingerprint density at radius 1 is 0.755 bits per heavy atom. The third kappa shape index (κ3) is 9.26. The number of likely N-dealkylation sites (N-methyl/N-ethyl adjacent to an activating group) is 1. The van der Waals surface area contributed by atoms with Crippen molar-refractivity contribution in [2.75, 3.05) is 38.1 Å². The molecule has 4 aromatic rings. The maximum Gasteiger partial charge on any atom is 0.412 e. The summed E-state index contributed by atoms with van der Waals surface area (Å²) in [5.74, 6) is -5.76. The molecule has 2 aromatic heterocycles. The fourth-order valence-electron chi connectivity index (χ4n) is 5.04. The van der Waals surface area contributed by atoms with Crippen LogP contribution >= 0.6 is 11.6 Å². The Kier molecular flexibility index (Phi) is 12.2. The number of nitrogens with zero attached hydrogens (tertiary/aromatic N) is 6. The molecule has 3 atom stereocenters. The number of fused-ring (bicyclic) bond motifs is 1. The van der Waals surface area contributed by atoms with Crippen LogP contribution in [0.1, 0.15) is 43.1 Å². The van der Waals surface area contributed by atoms with E-state index < -0.39 is 54.3 Å². The van der Waals surface area contributed by atoms with E-state index in [1.807, 2.05) is 7.05 Å². The number of aliphatic carboxylic acids is 2. The minimum atomic E-state index is -2.21. The summed E-state index contributed by atoms with van der Waals surface area (Å²) < 4.78 is 15.2. The van der Waals surface area contributed by atoms with Gasteiger partial charge in [0.25, 0.3) is 5.91 Å². The lowest BCUT2D eigenvalue weighted by Crippen LogP contribution is -2.48. The molecule has 4 heterocycles. The number of hydrogen-bond donors (Lipinski definition) is 2. The maximum absolute atomic E-state index is 12.8. The number of hydrogen-bond acceptors (Lipinski definition) is 13. The number of esters is 2. The predicted octanol–water partition coefficient (Wildman–Crippen LogP) is 3.17. The van der Waals surface area contributed by atoms with Crippen LogP contribution in [0.4, 0.5) is 10.6 Å². The van der Waals surface area contributed by atoms with Crippen molar-refractivity contribution < 1.29 is 53.2 Å². The lowest BCUT2D eigenvalue weighted by Gasteiger charge is -2.33. The van der Waals surface area contributed by atoms with Gasteiger partial charge in [0.05, 0.1) is 16.1 Å². The fraction of sp³-hybridized carbons (Fsp3) is 0.229. The van der Waals surface area contributed by atoms with Gasteiger partial charge in [0, 0.05) is 44.8 Å². The number of rotatable bonds is 9. The Bertz CT molecular complexity index is 1890. The first kappa shape index (κ1) is 37.8. The van der Waals surface area contributed by atoms with E-state index in [-0.39, 0.29) is 16.8 Å². The van der Waals surface area contributed by atoms with Crippen molar-refractivity contribution in [1.82, 2.24) is 24.8 Å². The number of carboxylic acids is 2. The highest BCUT2D eigenvalue weighted by Crippen LogP contribution is 2.36. The number of pyridine rings is 1. The summed E-state index contributed by atoms with van der Waals surface area (Å²) >= 11 is 5.89. The molecule has 6 rings (SSSR count). The topological polar surface area (TPSA) is 219 Å². The fourth-order valence-corrected chi connectivity index (χ4v) is 5.15. The minimum Gasteiger partial charge on any atom is -0.478 e. The second-order valence-electron chi connectivity index (χ2n) is 11.4.